The quantitative estimate of drug-likeness (QED) is 0.715. The molecular formula is C7H14ClNO4. The van der Waals surface area contributed by atoms with Crippen molar-refractivity contribution in [3.05, 3.63) is 0 Å². The molecule has 0 heterocycles. The third-order valence-electron chi connectivity index (χ3n) is 0.783. The Balaban J connectivity index is 0. The van der Waals surface area contributed by atoms with E-state index in [4.69, 9.17) is 9.84 Å². The molecule has 0 rings (SSSR count). The Morgan fingerprint density at radius 1 is 1.38 bits per heavy atom. The lowest BCUT2D eigenvalue weighted by Gasteiger charge is -2.19. The van der Waals surface area contributed by atoms with Gasteiger partial charge in [-0.05, 0) is 20.8 Å². The molecule has 0 saturated carbocycles. The predicted molar refractivity (Wildman–Crippen MR) is 49.1 cm³/mol. The molecule has 6 heteroatoms. The average Bonchev–Trinajstić information content (AvgIpc) is 1.79. The minimum atomic E-state index is -1.10. The lowest BCUT2D eigenvalue weighted by Crippen LogP contribution is -2.35. The summed E-state index contributed by atoms with van der Waals surface area (Å²) < 4.78 is 4.77. The summed E-state index contributed by atoms with van der Waals surface area (Å²) in [5.74, 6) is -1.10. The summed E-state index contributed by atoms with van der Waals surface area (Å²) in [5.41, 5.74) is -0.595. The molecule has 5 nitrogen and oxygen atoms in total. The number of ether oxygens (including phenoxy) is 1. The summed E-state index contributed by atoms with van der Waals surface area (Å²) in [7, 11) is 0. The first-order valence-electron chi connectivity index (χ1n) is 3.50. The average molecular weight is 212 g/mol. The second-order valence-electron chi connectivity index (χ2n) is 3.25. The van der Waals surface area contributed by atoms with Crippen LogP contribution in [0, 0.1) is 0 Å². The van der Waals surface area contributed by atoms with Gasteiger partial charge >= 0.3 is 12.1 Å². The first-order valence-corrected chi connectivity index (χ1v) is 3.50. The van der Waals surface area contributed by atoms with Crippen molar-refractivity contribution in [3.63, 3.8) is 0 Å². The monoisotopic (exact) mass is 211 g/mol. The highest BCUT2D eigenvalue weighted by atomic mass is 35.5. The van der Waals surface area contributed by atoms with E-state index in [0.717, 1.165) is 0 Å². The fraction of sp³-hybridized carbons (Fsp3) is 0.714. The largest absolute Gasteiger partial charge is 0.480 e. The number of hydrogen-bond donors (Lipinski definition) is 2. The number of carbonyl (C=O) groups excluding carboxylic acids is 1. The van der Waals surface area contributed by atoms with Gasteiger partial charge < -0.3 is 15.2 Å². The van der Waals surface area contributed by atoms with Crippen LogP contribution in [0.15, 0.2) is 0 Å². The van der Waals surface area contributed by atoms with Crippen molar-refractivity contribution < 1.29 is 19.4 Å². The highest BCUT2D eigenvalue weighted by molar-refractivity contribution is 5.85. The standard InChI is InChI=1S/C7H13NO4.ClH/c1-7(2,3)12-6(11)8-4-5(9)10;/h4H2,1-3H3,(H,8,11)(H,9,10);1H. The van der Waals surface area contributed by atoms with Gasteiger partial charge in [0.1, 0.15) is 12.1 Å². The van der Waals surface area contributed by atoms with Crippen molar-refractivity contribution in [2.45, 2.75) is 26.4 Å². The number of hydrogen-bond acceptors (Lipinski definition) is 3. The molecule has 0 aliphatic rings. The summed E-state index contributed by atoms with van der Waals surface area (Å²) in [6, 6.07) is 0. The van der Waals surface area contributed by atoms with Crippen molar-refractivity contribution in [1.29, 1.82) is 0 Å². The van der Waals surface area contributed by atoms with Crippen molar-refractivity contribution in [2.75, 3.05) is 6.54 Å². The van der Waals surface area contributed by atoms with Gasteiger partial charge in [0.25, 0.3) is 0 Å². The summed E-state index contributed by atoms with van der Waals surface area (Å²) in [6.07, 6.45) is -0.718. The molecule has 0 aromatic rings. The second-order valence-corrected chi connectivity index (χ2v) is 3.25. The van der Waals surface area contributed by atoms with Crippen LogP contribution in [0.2, 0.25) is 0 Å². The molecule has 0 aromatic heterocycles. The number of alkyl carbamates (subject to hydrolysis) is 1. The zero-order valence-corrected chi connectivity index (χ0v) is 8.60. The van der Waals surface area contributed by atoms with Crippen molar-refractivity contribution in [1.82, 2.24) is 5.32 Å². The molecule has 0 atom stereocenters. The molecule has 13 heavy (non-hydrogen) atoms. The van der Waals surface area contributed by atoms with Crippen LogP contribution in [0.4, 0.5) is 4.79 Å². The van der Waals surface area contributed by atoms with E-state index < -0.39 is 24.2 Å². The number of carboxylic acids is 1. The maximum absolute atomic E-state index is 10.8. The minimum absolute atomic E-state index is 0. The Bertz CT molecular complexity index is 187. The molecule has 0 saturated heterocycles. The zero-order valence-electron chi connectivity index (χ0n) is 7.79. The number of amides is 1. The minimum Gasteiger partial charge on any atom is -0.480 e. The summed E-state index contributed by atoms with van der Waals surface area (Å²) in [5, 5.41) is 10.3. The number of rotatable bonds is 2. The highest BCUT2D eigenvalue weighted by Crippen LogP contribution is 2.05. The van der Waals surface area contributed by atoms with Gasteiger partial charge in [0.2, 0.25) is 0 Å². The molecule has 1 amide bonds. The van der Waals surface area contributed by atoms with E-state index in [1.807, 2.05) is 0 Å². The topological polar surface area (TPSA) is 75.6 Å². The summed E-state index contributed by atoms with van der Waals surface area (Å²) in [4.78, 5) is 20.8. The van der Waals surface area contributed by atoms with E-state index in [1.54, 1.807) is 20.8 Å². The third kappa shape index (κ3) is 11.0. The lowest BCUT2D eigenvalue weighted by molar-refractivity contribution is -0.136. The van der Waals surface area contributed by atoms with Crippen LogP contribution in [0.3, 0.4) is 0 Å². The van der Waals surface area contributed by atoms with Crippen molar-refractivity contribution in [3.8, 4) is 0 Å². The van der Waals surface area contributed by atoms with Gasteiger partial charge in [-0.1, -0.05) is 0 Å². The fourth-order valence-corrected chi connectivity index (χ4v) is 0.462. The molecule has 0 aliphatic carbocycles. The van der Waals surface area contributed by atoms with Gasteiger partial charge in [0.05, 0.1) is 0 Å². The van der Waals surface area contributed by atoms with Gasteiger partial charge in [-0.3, -0.25) is 4.79 Å². The van der Waals surface area contributed by atoms with E-state index >= 15 is 0 Å². The van der Waals surface area contributed by atoms with E-state index in [-0.39, 0.29) is 12.4 Å². The van der Waals surface area contributed by atoms with Crippen LogP contribution in [-0.2, 0) is 9.53 Å². The first kappa shape index (κ1) is 14.5. The Kier molecular flexibility index (Phi) is 6.31. The Morgan fingerprint density at radius 2 is 1.85 bits per heavy atom. The molecule has 0 bridgehead atoms. The molecule has 0 aliphatic heterocycles. The number of nitrogens with one attached hydrogen (secondary N) is 1. The molecule has 0 radical (unpaired) electrons. The van der Waals surface area contributed by atoms with Gasteiger partial charge in [0, 0.05) is 0 Å². The van der Waals surface area contributed by atoms with E-state index in [2.05, 4.69) is 5.32 Å². The van der Waals surface area contributed by atoms with Crippen LogP contribution >= 0.6 is 12.4 Å². The lowest BCUT2D eigenvalue weighted by atomic mass is 10.2. The summed E-state index contributed by atoms with van der Waals surface area (Å²) in [6.45, 7) is 4.68. The molecule has 0 unspecified atom stereocenters. The van der Waals surface area contributed by atoms with Crippen molar-refractivity contribution in [2.24, 2.45) is 0 Å². The van der Waals surface area contributed by atoms with Crippen LogP contribution < -0.4 is 5.32 Å². The third-order valence-corrected chi connectivity index (χ3v) is 0.783. The van der Waals surface area contributed by atoms with E-state index in [9.17, 15) is 9.59 Å². The van der Waals surface area contributed by atoms with Crippen LogP contribution in [-0.4, -0.2) is 29.3 Å². The number of carboxylic acid groups (broad SMARTS) is 1. The summed E-state index contributed by atoms with van der Waals surface area (Å²) >= 11 is 0. The maximum Gasteiger partial charge on any atom is 0.408 e. The van der Waals surface area contributed by atoms with Crippen LogP contribution in [0.1, 0.15) is 20.8 Å². The maximum atomic E-state index is 10.8. The highest BCUT2D eigenvalue weighted by Gasteiger charge is 2.15. The Morgan fingerprint density at radius 3 is 2.15 bits per heavy atom. The smallest absolute Gasteiger partial charge is 0.408 e. The molecule has 78 valence electrons. The fourth-order valence-electron chi connectivity index (χ4n) is 0.462. The van der Waals surface area contributed by atoms with E-state index in [1.165, 1.54) is 0 Å². The Labute approximate surface area is 82.9 Å². The number of aliphatic carboxylic acids is 1. The molecule has 2 N–H and O–H groups in total. The number of carbonyl (C=O) groups is 2. The van der Waals surface area contributed by atoms with E-state index in [0.29, 0.717) is 0 Å². The first-order chi connectivity index (χ1) is 5.31. The van der Waals surface area contributed by atoms with Gasteiger partial charge in [-0.15, -0.1) is 12.4 Å². The normalized spacial score (nSPS) is 9.77. The Hall–Kier alpha value is -0.970. The second kappa shape index (κ2) is 5.64. The van der Waals surface area contributed by atoms with Crippen LogP contribution in [0.5, 0.6) is 0 Å². The van der Waals surface area contributed by atoms with Crippen molar-refractivity contribution >= 4 is 24.5 Å². The molecule has 0 aromatic carbocycles. The van der Waals surface area contributed by atoms with Crippen LogP contribution in [0.25, 0.3) is 0 Å². The zero-order chi connectivity index (χ0) is 9.78. The number of halogens is 1. The van der Waals surface area contributed by atoms with Gasteiger partial charge in [-0.2, -0.15) is 0 Å². The molecule has 0 spiro atoms. The molecular weight excluding hydrogens is 198 g/mol. The SMILES string of the molecule is CC(C)(C)OC(=O)NCC(=O)O.Cl. The van der Waals surface area contributed by atoms with Gasteiger partial charge in [0.15, 0.2) is 0 Å². The predicted octanol–water partition coefficient (Wildman–Crippen LogP) is 1.02. The molecule has 0 fully saturated rings. The van der Waals surface area contributed by atoms with Gasteiger partial charge in [-0.25, -0.2) is 4.79 Å².